The molecule has 0 heterocycles. The first-order valence-corrected chi connectivity index (χ1v) is 6.16. The topological polar surface area (TPSA) is 67.2 Å². The molecule has 0 aromatic heterocycles. The van der Waals surface area contributed by atoms with Gasteiger partial charge in [0, 0.05) is 17.6 Å². The van der Waals surface area contributed by atoms with E-state index in [-0.39, 0.29) is 17.1 Å². The number of nitrogens with one attached hydrogen (secondary N) is 2. The van der Waals surface area contributed by atoms with E-state index < -0.39 is 0 Å². The molecular weight excluding hydrogens is 202 g/mol. The van der Waals surface area contributed by atoms with Crippen molar-refractivity contribution in [3.05, 3.63) is 0 Å². The monoisotopic (exact) mass is 227 g/mol. The maximum atomic E-state index is 11.6. The Morgan fingerprint density at radius 1 is 1.25 bits per heavy atom. The lowest BCUT2D eigenvalue weighted by Gasteiger charge is -2.34. The molecule has 4 N–H and O–H groups in total. The fraction of sp³-hybridized carbons (Fsp3) is 0.917. The van der Waals surface area contributed by atoms with Crippen LogP contribution in [0.4, 0.5) is 4.79 Å². The lowest BCUT2D eigenvalue weighted by molar-refractivity contribution is 0.222. The van der Waals surface area contributed by atoms with Crippen molar-refractivity contribution in [1.82, 2.24) is 10.6 Å². The summed E-state index contributed by atoms with van der Waals surface area (Å²) in [5.41, 5.74) is 5.85. The van der Waals surface area contributed by atoms with Gasteiger partial charge in [0.25, 0.3) is 0 Å². The molecular formula is C12H25N3O. The summed E-state index contributed by atoms with van der Waals surface area (Å²) in [6.07, 6.45) is 5.66. The number of carbonyl (C=O) groups is 1. The number of amides is 2. The molecule has 94 valence electrons. The first kappa shape index (κ1) is 13.3. The largest absolute Gasteiger partial charge is 0.336 e. The van der Waals surface area contributed by atoms with Crippen LogP contribution < -0.4 is 16.4 Å². The molecule has 1 aliphatic carbocycles. The Labute approximate surface area is 98.3 Å². The number of nitrogens with two attached hydrogens (primary N) is 1. The number of carbonyl (C=O) groups excluding carboxylic acids is 1. The Balaban J connectivity index is 2.30. The van der Waals surface area contributed by atoms with Gasteiger partial charge in [-0.25, -0.2) is 4.79 Å². The summed E-state index contributed by atoms with van der Waals surface area (Å²) < 4.78 is 0. The zero-order valence-corrected chi connectivity index (χ0v) is 10.7. The van der Waals surface area contributed by atoms with Gasteiger partial charge in [-0.1, -0.05) is 19.3 Å². The second-order valence-corrected chi connectivity index (χ2v) is 5.98. The van der Waals surface area contributed by atoms with Gasteiger partial charge in [0.05, 0.1) is 0 Å². The average Bonchev–Trinajstić information content (AvgIpc) is 2.14. The zero-order chi connectivity index (χ0) is 12.2. The quantitative estimate of drug-likeness (QED) is 0.672. The van der Waals surface area contributed by atoms with Crippen molar-refractivity contribution >= 4 is 6.03 Å². The number of hydrogen-bond donors (Lipinski definition) is 3. The maximum Gasteiger partial charge on any atom is 0.315 e. The highest BCUT2D eigenvalue weighted by Gasteiger charge is 2.28. The predicted octanol–water partition coefficient (Wildman–Crippen LogP) is 1.75. The van der Waals surface area contributed by atoms with Gasteiger partial charge in [-0.05, 0) is 33.6 Å². The second kappa shape index (κ2) is 5.04. The van der Waals surface area contributed by atoms with Crippen LogP contribution in [0.1, 0.15) is 52.9 Å². The Bertz CT molecular complexity index is 239. The summed E-state index contributed by atoms with van der Waals surface area (Å²) >= 11 is 0. The van der Waals surface area contributed by atoms with Crippen molar-refractivity contribution in [2.75, 3.05) is 6.54 Å². The van der Waals surface area contributed by atoms with Crippen LogP contribution in [0.3, 0.4) is 0 Å². The molecule has 4 nitrogen and oxygen atoms in total. The highest BCUT2D eigenvalue weighted by molar-refractivity contribution is 5.74. The third-order valence-electron chi connectivity index (χ3n) is 2.94. The summed E-state index contributed by atoms with van der Waals surface area (Å²) in [5, 5.41) is 5.74. The molecule has 0 aromatic rings. The van der Waals surface area contributed by atoms with Crippen LogP contribution in [0.15, 0.2) is 0 Å². The fourth-order valence-corrected chi connectivity index (χ4v) is 2.07. The van der Waals surface area contributed by atoms with Crippen molar-refractivity contribution in [3.8, 4) is 0 Å². The summed E-state index contributed by atoms with van der Waals surface area (Å²) in [6.45, 7) is 6.47. The molecule has 0 atom stereocenters. The highest BCUT2D eigenvalue weighted by Crippen LogP contribution is 2.24. The van der Waals surface area contributed by atoms with Crippen molar-refractivity contribution in [2.24, 2.45) is 5.73 Å². The molecule has 1 aliphatic rings. The fourth-order valence-electron chi connectivity index (χ4n) is 2.07. The van der Waals surface area contributed by atoms with E-state index in [4.69, 9.17) is 5.73 Å². The van der Waals surface area contributed by atoms with Gasteiger partial charge in [0.2, 0.25) is 0 Å². The molecule has 0 saturated heterocycles. The van der Waals surface area contributed by atoms with Gasteiger partial charge in [0.15, 0.2) is 0 Å². The smallest absolute Gasteiger partial charge is 0.315 e. The molecule has 0 unspecified atom stereocenters. The molecule has 1 fully saturated rings. The average molecular weight is 227 g/mol. The van der Waals surface area contributed by atoms with E-state index in [0.29, 0.717) is 6.54 Å². The van der Waals surface area contributed by atoms with E-state index in [1.54, 1.807) is 0 Å². The van der Waals surface area contributed by atoms with E-state index in [2.05, 4.69) is 10.6 Å². The molecule has 1 rings (SSSR count). The van der Waals surface area contributed by atoms with E-state index >= 15 is 0 Å². The van der Waals surface area contributed by atoms with Crippen LogP contribution >= 0.6 is 0 Å². The third-order valence-corrected chi connectivity index (χ3v) is 2.94. The van der Waals surface area contributed by atoms with Gasteiger partial charge in [0.1, 0.15) is 0 Å². The van der Waals surface area contributed by atoms with Gasteiger partial charge in [-0.2, -0.15) is 0 Å². The van der Waals surface area contributed by atoms with Crippen LogP contribution in [0.5, 0.6) is 0 Å². The second-order valence-electron chi connectivity index (χ2n) is 5.98. The van der Waals surface area contributed by atoms with E-state index in [9.17, 15) is 4.79 Å². The summed E-state index contributed by atoms with van der Waals surface area (Å²) in [6, 6.07) is -0.122. The summed E-state index contributed by atoms with van der Waals surface area (Å²) in [4.78, 5) is 11.6. The lowest BCUT2D eigenvalue weighted by atomic mass is 9.82. The predicted molar refractivity (Wildman–Crippen MR) is 66.3 cm³/mol. The Morgan fingerprint density at radius 3 is 2.31 bits per heavy atom. The molecule has 1 saturated carbocycles. The molecule has 0 spiro atoms. The van der Waals surface area contributed by atoms with Crippen molar-refractivity contribution < 1.29 is 4.79 Å². The van der Waals surface area contributed by atoms with Crippen molar-refractivity contribution in [3.63, 3.8) is 0 Å². The molecule has 4 heteroatoms. The van der Waals surface area contributed by atoms with Crippen LogP contribution in [0.2, 0.25) is 0 Å². The number of urea groups is 1. The molecule has 0 radical (unpaired) electrons. The van der Waals surface area contributed by atoms with Gasteiger partial charge in [-0.15, -0.1) is 0 Å². The minimum absolute atomic E-state index is 0.122. The molecule has 2 amide bonds. The van der Waals surface area contributed by atoms with Crippen LogP contribution in [0.25, 0.3) is 0 Å². The summed E-state index contributed by atoms with van der Waals surface area (Å²) in [7, 11) is 0. The maximum absolute atomic E-state index is 11.6. The van der Waals surface area contributed by atoms with Crippen molar-refractivity contribution in [2.45, 2.75) is 64.0 Å². The van der Waals surface area contributed by atoms with Crippen LogP contribution in [0, 0.1) is 0 Å². The van der Waals surface area contributed by atoms with Crippen LogP contribution in [-0.2, 0) is 0 Å². The zero-order valence-electron chi connectivity index (χ0n) is 10.7. The molecule has 0 bridgehead atoms. The SMILES string of the molecule is CC(C)(C)NC(=O)NCC1(N)CCCCC1. The third kappa shape index (κ3) is 4.84. The van der Waals surface area contributed by atoms with E-state index in [0.717, 1.165) is 12.8 Å². The number of hydrogen-bond acceptors (Lipinski definition) is 2. The normalized spacial score (nSPS) is 20.2. The van der Waals surface area contributed by atoms with Gasteiger partial charge in [-0.3, -0.25) is 0 Å². The van der Waals surface area contributed by atoms with E-state index in [1.807, 2.05) is 20.8 Å². The van der Waals surface area contributed by atoms with Gasteiger partial charge < -0.3 is 16.4 Å². The van der Waals surface area contributed by atoms with E-state index in [1.165, 1.54) is 19.3 Å². The first-order valence-electron chi connectivity index (χ1n) is 6.16. The molecule has 16 heavy (non-hydrogen) atoms. The first-order chi connectivity index (χ1) is 7.31. The highest BCUT2D eigenvalue weighted by atomic mass is 16.2. The van der Waals surface area contributed by atoms with Crippen LogP contribution in [-0.4, -0.2) is 23.7 Å². The Hall–Kier alpha value is -0.770. The molecule has 0 aliphatic heterocycles. The van der Waals surface area contributed by atoms with Gasteiger partial charge >= 0.3 is 6.03 Å². The van der Waals surface area contributed by atoms with Crippen molar-refractivity contribution in [1.29, 1.82) is 0 Å². The number of rotatable bonds is 2. The minimum Gasteiger partial charge on any atom is -0.336 e. The lowest BCUT2D eigenvalue weighted by Crippen LogP contribution is -2.55. The molecule has 0 aromatic carbocycles. The minimum atomic E-state index is -0.196. The standard InChI is InChI=1S/C12H25N3O/c1-11(2,3)15-10(16)14-9-12(13)7-5-4-6-8-12/h4-9,13H2,1-3H3,(H2,14,15,16). The Morgan fingerprint density at radius 2 is 1.81 bits per heavy atom. The Kier molecular flexibility index (Phi) is 4.19. The summed E-state index contributed by atoms with van der Waals surface area (Å²) in [5.74, 6) is 0.